The van der Waals surface area contributed by atoms with Crippen LogP contribution in [0, 0.1) is 5.92 Å². The first-order valence-corrected chi connectivity index (χ1v) is 7.79. The van der Waals surface area contributed by atoms with Crippen molar-refractivity contribution in [2.24, 2.45) is 5.92 Å². The first-order valence-electron chi connectivity index (χ1n) is 6.67. The highest BCUT2D eigenvalue weighted by Crippen LogP contribution is 2.19. The molecule has 3 heteroatoms. The van der Waals surface area contributed by atoms with Gasteiger partial charge < -0.3 is 9.64 Å². The van der Waals surface area contributed by atoms with Crippen LogP contribution in [0.15, 0.2) is 29.8 Å². The minimum Gasteiger partial charge on any atom is -0.492 e. The Morgan fingerprint density at radius 1 is 1.26 bits per heavy atom. The van der Waals surface area contributed by atoms with Crippen molar-refractivity contribution in [3.63, 3.8) is 0 Å². The third-order valence-corrected chi connectivity index (χ3v) is 3.58. The number of alkyl halides is 1. The van der Waals surface area contributed by atoms with Crippen LogP contribution in [0.1, 0.15) is 19.4 Å². The molecule has 0 aliphatic heterocycles. The van der Waals surface area contributed by atoms with E-state index in [1.54, 1.807) is 0 Å². The molecule has 0 saturated heterocycles. The van der Waals surface area contributed by atoms with E-state index in [0.29, 0.717) is 5.92 Å². The fourth-order valence-electron chi connectivity index (χ4n) is 1.58. The van der Waals surface area contributed by atoms with Crippen LogP contribution in [0.2, 0.25) is 0 Å². The number of benzene rings is 1. The maximum absolute atomic E-state index is 5.68. The molecule has 106 valence electrons. The summed E-state index contributed by atoms with van der Waals surface area (Å²) in [6.45, 7) is 6.08. The van der Waals surface area contributed by atoms with E-state index < -0.39 is 0 Å². The van der Waals surface area contributed by atoms with Gasteiger partial charge in [0.2, 0.25) is 0 Å². The van der Waals surface area contributed by atoms with Crippen LogP contribution in [0.3, 0.4) is 0 Å². The van der Waals surface area contributed by atoms with Crippen molar-refractivity contribution in [1.29, 1.82) is 0 Å². The Kier molecular flexibility index (Phi) is 7.17. The van der Waals surface area contributed by atoms with Gasteiger partial charge in [-0.1, -0.05) is 53.6 Å². The number of hydrogen-bond donors (Lipinski definition) is 0. The van der Waals surface area contributed by atoms with Crippen LogP contribution in [0.4, 0.5) is 0 Å². The van der Waals surface area contributed by atoms with Crippen molar-refractivity contribution in [3.8, 4) is 5.75 Å². The van der Waals surface area contributed by atoms with Gasteiger partial charge in [-0.2, -0.15) is 0 Å². The van der Waals surface area contributed by atoms with Crippen molar-refractivity contribution in [2.45, 2.75) is 13.8 Å². The van der Waals surface area contributed by atoms with Crippen LogP contribution in [-0.4, -0.2) is 37.5 Å². The van der Waals surface area contributed by atoms with E-state index in [0.717, 1.165) is 24.2 Å². The van der Waals surface area contributed by atoms with E-state index in [1.165, 1.54) is 11.1 Å². The predicted octanol–water partition coefficient (Wildman–Crippen LogP) is 4.06. The molecule has 0 fully saturated rings. The van der Waals surface area contributed by atoms with E-state index in [-0.39, 0.29) is 0 Å². The summed E-state index contributed by atoms with van der Waals surface area (Å²) in [7, 11) is 4.09. The van der Waals surface area contributed by atoms with Crippen LogP contribution in [0.5, 0.6) is 5.75 Å². The number of hydrogen-bond acceptors (Lipinski definition) is 2. The number of ether oxygens (including phenoxy) is 1. The quantitative estimate of drug-likeness (QED) is 0.701. The molecule has 0 heterocycles. The average Bonchev–Trinajstić information content (AvgIpc) is 2.37. The average molecular weight is 326 g/mol. The molecule has 1 rings (SSSR count). The first-order chi connectivity index (χ1) is 9.02. The van der Waals surface area contributed by atoms with Crippen molar-refractivity contribution in [2.75, 3.05) is 32.6 Å². The zero-order valence-corrected chi connectivity index (χ0v) is 13.9. The minimum absolute atomic E-state index is 0.565. The molecule has 0 amide bonds. The molecule has 0 aromatic heterocycles. The maximum Gasteiger partial charge on any atom is 0.119 e. The van der Waals surface area contributed by atoms with Crippen LogP contribution in [0.25, 0.3) is 6.08 Å². The highest BCUT2D eigenvalue weighted by Gasteiger charge is 2.02. The van der Waals surface area contributed by atoms with Gasteiger partial charge in [-0.25, -0.2) is 0 Å². The zero-order valence-electron chi connectivity index (χ0n) is 12.3. The second kappa shape index (κ2) is 8.39. The molecule has 0 aliphatic carbocycles. The normalized spacial score (nSPS) is 12.3. The highest BCUT2D eigenvalue weighted by atomic mass is 79.9. The molecule has 0 aliphatic rings. The van der Waals surface area contributed by atoms with Gasteiger partial charge in [-0.05, 0) is 37.7 Å². The van der Waals surface area contributed by atoms with Gasteiger partial charge in [0.1, 0.15) is 12.4 Å². The number of allylic oxidation sites excluding steroid dienone is 1. The Labute approximate surface area is 125 Å². The summed E-state index contributed by atoms with van der Waals surface area (Å²) < 4.78 is 5.68. The van der Waals surface area contributed by atoms with Crippen LogP contribution in [-0.2, 0) is 0 Å². The Hall–Kier alpha value is -0.800. The smallest absolute Gasteiger partial charge is 0.119 e. The molecule has 1 aromatic carbocycles. The Morgan fingerprint density at radius 2 is 1.89 bits per heavy atom. The van der Waals surface area contributed by atoms with Gasteiger partial charge in [0, 0.05) is 11.9 Å². The summed E-state index contributed by atoms with van der Waals surface area (Å²) in [4.78, 5) is 2.11. The first kappa shape index (κ1) is 16.3. The molecule has 0 spiro atoms. The van der Waals surface area contributed by atoms with Crippen molar-refractivity contribution < 1.29 is 4.74 Å². The SMILES string of the molecule is CC(C)C(=Cc1ccc(OCCN(C)C)cc1)CBr. The molecular formula is C16H24BrNO. The summed E-state index contributed by atoms with van der Waals surface area (Å²) in [5.74, 6) is 1.50. The Bertz CT molecular complexity index is 396. The Morgan fingerprint density at radius 3 is 2.37 bits per heavy atom. The molecule has 0 saturated carbocycles. The lowest BCUT2D eigenvalue weighted by atomic mass is 10.0. The number of likely N-dealkylation sites (N-methyl/N-ethyl adjacent to an activating group) is 1. The lowest BCUT2D eigenvalue weighted by Gasteiger charge is -2.11. The molecule has 2 nitrogen and oxygen atoms in total. The number of nitrogens with zero attached hydrogens (tertiary/aromatic N) is 1. The van der Waals surface area contributed by atoms with Crippen molar-refractivity contribution >= 4 is 22.0 Å². The molecule has 0 unspecified atom stereocenters. The lowest BCUT2D eigenvalue weighted by Crippen LogP contribution is -2.19. The molecule has 0 atom stereocenters. The summed E-state index contributed by atoms with van der Waals surface area (Å²) in [6, 6.07) is 8.29. The van der Waals surface area contributed by atoms with Crippen molar-refractivity contribution in [1.82, 2.24) is 4.90 Å². The summed E-state index contributed by atoms with van der Waals surface area (Å²) in [5, 5.41) is 0.922. The second-order valence-corrected chi connectivity index (χ2v) is 5.79. The molecule has 0 N–H and O–H groups in total. The van der Waals surface area contributed by atoms with E-state index >= 15 is 0 Å². The van der Waals surface area contributed by atoms with E-state index in [9.17, 15) is 0 Å². The highest BCUT2D eigenvalue weighted by molar-refractivity contribution is 9.09. The minimum atomic E-state index is 0.565. The fourth-order valence-corrected chi connectivity index (χ4v) is 2.39. The third-order valence-electron chi connectivity index (χ3n) is 2.94. The van der Waals surface area contributed by atoms with Crippen LogP contribution < -0.4 is 4.74 Å². The monoisotopic (exact) mass is 325 g/mol. The largest absolute Gasteiger partial charge is 0.492 e. The van der Waals surface area contributed by atoms with Crippen molar-refractivity contribution in [3.05, 3.63) is 35.4 Å². The molecule has 1 aromatic rings. The van der Waals surface area contributed by atoms with Gasteiger partial charge in [-0.3, -0.25) is 0 Å². The molecule has 0 radical (unpaired) electrons. The van der Waals surface area contributed by atoms with Gasteiger partial charge in [0.25, 0.3) is 0 Å². The standard InChI is InChI=1S/C16H24BrNO/c1-13(2)15(12-17)11-14-5-7-16(8-6-14)19-10-9-18(3)4/h5-8,11,13H,9-10,12H2,1-4H3. The third kappa shape index (κ3) is 6.26. The summed E-state index contributed by atoms with van der Waals surface area (Å²) in [6.07, 6.45) is 2.24. The maximum atomic E-state index is 5.68. The topological polar surface area (TPSA) is 12.5 Å². The lowest BCUT2D eigenvalue weighted by molar-refractivity contribution is 0.261. The van der Waals surface area contributed by atoms with E-state index in [2.05, 4.69) is 52.9 Å². The number of rotatable bonds is 7. The van der Waals surface area contributed by atoms with Gasteiger partial charge in [-0.15, -0.1) is 0 Å². The fraction of sp³-hybridized carbons (Fsp3) is 0.500. The van der Waals surface area contributed by atoms with Gasteiger partial charge in [0.15, 0.2) is 0 Å². The zero-order chi connectivity index (χ0) is 14.3. The molecular weight excluding hydrogens is 302 g/mol. The van der Waals surface area contributed by atoms with E-state index in [1.807, 2.05) is 26.2 Å². The molecule has 0 bridgehead atoms. The van der Waals surface area contributed by atoms with E-state index in [4.69, 9.17) is 4.74 Å². The van der Waals surface area contributed by atoms with Crippen LogP contribution >= 0.6 is 15.9 Å². The van der Waals surface area contributed by atoms with Gasteiger partial charge >= 0.3 is 0 Å². The van der Waals surface area contributed by atoms with Gasteiger partial charge in [0.05, 0.1) is 0 Å². The molecule has 19 heavy (non-hydrogen) atoms. The summed E-state index contributed by atoms with van der Waals surface area (Å²) in [5.41, 5.74) is 2.63. The number of halogens is 1. The summed E-state index contributed by atoms with van der Waals surface area (Å²) >= 11 is 3.54. The predicted molar refractivity (Wildman–Crippen MR) is 87.1 cm³/mol. The second-order valence-electron chi connectivity index (χ2n) is 5.23. The Balaban J connectivity index is 2.61.